The zero-order valence-corrected chi connectivity index (χ0v) is 13.6. The van der Waals surface area contributed by atoms with Crippen LogP contribution in [0.15, 0.2) is 23.8 Å². The first-order valence-corrected chi connectivity index (χ1v) is 8.38. The summed E-state index contributed by atoms with van der Waals surface area (Å²) < 4.78 is 0. The minimum absolute atomic E-state index is 0.000548. The van der Waals surface area contributed by atoms with Crippen LogP contribution in [0.2, 0.25) is 0 Å². The minimum atomic E-state index is -0.119. The highest BCUT2D eigenvalue weighted by Gasteiger charge is 2.29. The fourth-order valence-electron chi connectivity index (χ4n) is 2.62. The molecule has 1 amide bonds. The quantitative estimate of drug-likeness (QED) is 0.878. The molecular formula is C16H17N5OS. The van der Waals surface area contributed by atoms with E-state index in [1.165, 1.54) is 11.3 Å². The summed E-state index contributed by atoms with van der Waals surface area (Å²) in [5, 5.41) is 5.80. The molecule has 0 radical (unpaired) electrons. The van der Waals surface area contributed by atoms with Crippen molar-refractivity contribution >= 4 is 28.3 Å². The van der Waals surface area contributed by atoms with Crippen molar-refractivity contribution in [3.05, 3.63) is 29.5 Å². The Morgan fingerprint density at radius 1 is 1.39 bits per heavy atom. The van der Waals surface area contributed by atoms with Crippen LogP contribution in [0.1, 0.15) is 37.9 Å². The highest BCUT2D eigenvalue weighted by atomic mass is 32.1. The first kappa shape index (κ1) is 15.4. The zero-order valence-electron chi connectivity index (χ0n) is 12.8. The highest BCUT2D eigenvalue weighted by Crippen LogP contribution is 2.33. The Labute approximate surface area is 139 Å². The minimum Gasteiger partial charge on any atom is -0.323 e. The van der Waals surface area contributed by atoms with Crippen molar-refractivity contribution in [2.45, 2.75) is 32.2 Å². The van der Waals surface area contributed by atoms with Crippen LogP contribution in [0.3, 0.4) is 0 Å². The number of hydrogen-bond donors (Lipinski definition) is 1. The lowest BCUT2D eigenvalue weighted by atomic mass is 10.00. The molecule has 1 atom stereocenters. The van der Waals surface area contributed by atoms with Gasteiger partial charge < -0.3 is 10.2 Å². The molecule has 2 aromatic heterocycles. The summed E-state index contributed by atoms with van der Waals surface area (Å²) >= 11 is 1.49. The van der Waals surface area contributed by atoms with E-state index in [4.69, 9.17) is 0 Å². The topological polar surface area (TPSA) is 71.0 Å². The van der Waals surface area contributed by atoms with Gasteiger partial charge in [-0.1, -0.05) is 5.92 Å². The zero-order chi connectivity index (χ0) is 16.1. The summed E-state index contributed by atoms with van der Waals surface area (Å²) in [5.74, 6) is 5.72. The molecule has 0 aliphatic carbocycles. The number of anilines is 2. The van der Waals surface area contributed by atoms with Crippen LogP contribution in [-0.4, -0.2) is 32.3 Å². The highest BCUT2D eigenvalue weighted by molar-refractivity contribution is 7.13. The second-order valence-electron chi connectivity index (χ2n) is 5.16. The maximum atomic E-state index is 12.2. The second-order valence-corrected chi connectivity index (χ2v) is 6.02. The number of hydrogen-bond acceptors (Lipinski definition) is 6. The summed E-state index contributed by atoms with van der Waals surface area (Å²) in [6.45, 7) is 2.42. The molecule has 3 rings (SSSR count). The van der Waals surface area contributed by atoms with Crippen LogP contribution >= 0.6 is 11.3 Å². The van der Waals surface area contributed by atoms with Crippen molar-refractivity contribution in [1.82, 2.24) is 19.9 Å². The van der Waals surface area contributed by atoms with Crippen molar-refractivity contribution in [3.8, 4) is 11.8 Å². The Balaban J connectivity index is 1.77. The van der Waals surface area contributed by atoms with E-state index in [0.29, 0.717) is 5.95 Å². The lowest BCUT2D eigenvalue weighted by molar-refractivity contribution is -0.128. The standard InChI is InChI=1S/C16H17N5OS/c1-2-6-14(22)21-10-4-3-7-13(21)12-11-23-16(19-12)20-15-17-8-5-9-18-15/h5,8-9,11,13H,3-4,7,10H2,1H3,(H,17,18,19,20). The van der Waals surface area contributed by atoms with Crippen LogP contribution in [0.5, 0.6) is 0 Å². The lowest BCUT2D eigenvalue weighted by Gasteiger charge is -2.33. The second kappa shape index (κ2) is 7.20. The van der Waals surface area contributed by atoms with E-state index in [2.05, 4.69) is 32.1 Å². The molecular weight excluding hydrogens is 310 g/mol. The van der Waals surface area contributed by atoms with Crippen molar-refractivity contribution in [2.24, 2.45) is 0 Å². The van der Waals surface area contributed by atoms with E-state index in [0.717, 1.165) is 36.6 Å². The summed E-state index contributed by atoms with van der Waals surface area (Å²) in [4.78, 5) is 26.9. The third-order valence-corrected chi connectivity index (χ3v) is 4.42. The third kappa shape index (κ3) is 3.66. The Bertz CT molecular complexity index is 734. The third-order valence-electron chi connectivity index (χ3n) is 3.64. The van der Waals surface area contributed by atoms with Gasteiger partial charge in [-0.15, -0.1) is 11.3 Å². The van der Waals surface area contributed by atoms with E-state index in [1.807, 2.05) is 10.3 Å². The molecule has 0 saturated carbocycles. The van der Waals surface area contributed by atoms with Gasteiger partial charge in [0.25, 0.3) is 5.91 Å². The van der Waals surface area contributed by atoms with Crippen LogP contribution < -0.4 is 5.32 Å². The predicted octanol–water partition coefficient (Wildman–Crippen LogP) is 2.75. The molecule has 1 fully saturated rings. The van der Waals surface area contributed by atoms with Gasteiger partial charge in [0.15, 0.2) is 5.13 Å². The molecule has 0 aromatic carbocycles. The number of carbonyl (C=O) groups is 1. The van der Waals surface area contributed by atoms with Gasteiger partial charge in [0.05, 0.1) is 11.7 Å². The van der Waals surface area contributed by atoms with Gasteiger partial charge in [0, 0.05) is 24.3 Å². The maximum Gasteiger partial charge on any atom is 0.299 e. The predicted molar refractivity (Wildman–Crippen MR) is 89.2 cm³/mol. The van der Waals surface area contributed by atoms with Crippen LogP contribution in [-0.2, 0) is 4.79 Å². The molecule has 118 valence electrons. The number of carbonyl (C=O) groups excluding carboxylic acids is 1. The molecule has 1 aliphatic heterocycles. The Kier molecular flexibility index (Phi) is 4.83. The monoisotopic (exact) mass is 327 g/mol. The van der Waals surface area contributed by atoms with Gasteiger partial charge in [-0.2, -0.15) is 0 Å². The summed E-state index contributed by atoms with van der Waals surface area (Å²) in [6.07, 6.45) is 6.38. The van der Waals surface area contributed by atoms with E-state index in [-0.39, 0.29) is 11.9 Å². The molecule has 1 unspecified atom stereocenters. The number of aromatic nitrogens is 3. The van der Waals surface area contributed by atoms with Gasteiger partial charge in [0.2, 0.25) is 5.95 Å². The molecule has 0 bridgehead atoms. The number of likely N-dealkylation sites (tertiary alicyclic amines) is 1. The van der Waals surface area contributed by atoms with Crippen molar-refractivity contribution < 1.29 is 4.79 Å². The average molecular weight is 327 g/mol. The van der Waals surface area contributed by atoms with Crippen molar-refractivity contribution in [1.29, 1.82) is 0 Å². The van der Waals surface area contributed by atoms with Crippen LogP contribution in [0.4, 0.5) is 11.1 Å². The fourth-order valence-corrected chi connectivity index (χ4v) is 3.37. The summed E-state index contributed by atoms with van der Waals surface area (Å²) in [6, 6.07) is 1.76. The largest absolute Gasteiger partial charge is 0.323 e. The number of nitrogens with zero attached hydrogens (tertiary/aromatic N) is 4. The van der Waals surface area contributed by atoms with Crippen LogP contribution in [0.25, 0.3) is 0 Å². The lowest BCUT2D eigenvalue weighted by Crippen LogP contribution is -2.37. The molecule has 7 heteroatoms. The molecule has 3 heterocycles. The summed E-state index contributed by atoms with van der Waals surface area (Å²) in [5.41, 5.74) is 0.902. The molecule has 23 heavy (non-hydrogen) atoms. The number of nitrogens with one attached hydrogen (secondary N) is 1. The molecule has 1 aliphatic rings. The number of amides is 1. The molecule has 1 N–H and O–H groups in total. The summed E-state index contributed by atoms with van der Waals surface area (Å²) in [7, 11) is 0. The molecule has 2 aromatic rings. The van der Waals surface area contributed by atoms with Crippen molar-refractivity contribution in [2.75, 3.05) is 11.9 Å². The van der Waals surface area contributed by atoms with Crippen molar-refractivity contribution in [3.63, 3.8) is 0 Å². The molecule has 6 nitrogen and oxygen atoms in total. The van der Waals surface area contributed by atoms with Crippen LogP contribution in [0, 0.1) is 11.8 Å². The van der Waals surface area contributed by atoms with Gasteiger partial charge in [-0.3, -0.25) is 4.79 Å². The van der Waals surface area contributed by atoms with Gasteiger partial charge in [0.1, 0.15) is 0 Å². The Morgan fingerprint density at radius 2 is 2.22 bits per heavy atom. The van der Waals surface area contributed by atoms with E-state index in [1.54, 1.807) is 25.4 Å². The average Bonchev–Trinajstić information content (AvgIpc) is 3.04. The first-order valence-electron chi connectivity index (χ1n) is 7.51. The van der Waals surface area contributed by atoms with Gasteiger partial charge in [-0.05, 0) is 38.2 Å². The van der Waals surface area contributed by atoms with E-state index < -0.39 is 0 Å². The normalized spacial score (nSPS) is 17.3. The van der Waals surface area contributed by atoms with E-state index >= 15 is 0 Å². The van der Waals surface area contributed by atoms with Gasteiger partial charge >= 0.3 is 0 Å². The first-order chi connectivity index (χ1) is 11.3. The number of thiazole rings is 1. The Hall–Kier alpha value is -2.46. The fraction of sp³-hybridized carbons (Fsp3) is 0.375. The Morgan fingerprint density at radius 3 is 3.00 bits per heavy atom. The smallest absolute Gasteiger partial charge is 0.299 e. The number of piperidine rings is 1. The SMILES string of the molecule is CC#CC(=O)N1CCCCC1c1csc(Nc2ncccn2)n1. The number of rotatable bonds is 3. The molecule has 1 saturated heterocycles. The molecule has 0 spiro atoms. The maximum absolute atomic E-state index is 12.2. The van der Waals surface area contributed by atoms with E-state index in [9.17, 15) is 4.79 Å². The van der Waals surface area contributed by atoms with Gasteiger partial charge in [-0.25, -0.2) is 15.0 Å².